The number of nitrogens with zero attached hydrogens (tertiary/aromatic N) is 3. The Bertz CT molecular complexity index is 797. The van der Waals surface area contributed by atoms with Crippen LogP contribution in [0.5, 0.6) is 5.75 Å². The van der Waals surface area contributed by atoms with E-state index in [1.54, 1.807) is 23.5 Å². The Labute approximate surface area is 157 Å². The summed E-state index contributed by atoms with van der Waals surface area (Å²) >= 11 is 1.68. The Morgan fingerprint density at radius 1 is 1.27 bits per heavy atom. The van der Waals surface area contributed by atoms with Crippen molar-refractivity contribution in [2.75, 3.05) is 26.7 Å². The van der Waals surface area contributed by atoms with Crippen molar-refractivity contribution in [2.24, 2.45) is 5.10 Å². The first-order chi connectivity index (χ1) is 12.7. The van der Waals surface area contributed by atoms with Gasteiger partial charge < -0.3 is 4.74 Å². The maximum absolute atomic E-state index is 13.0. The molecule has 2 aromatic rings. The summed E-state index contributed by atoms with van der Waals surface area (Å²) in [5.41, 5.74) is 1.96. The highest BCUT2D eigenvalue weighted by Crippen LogP contribution is 2.35. The quantitative estimate of drug-likeness (QED) is 0.810. The Balaban J connectivity index is 1.60. The summed E-state index contributed by atoms with van der Waals surface area (Å²) in [4.78, 5) is 16.4. The Kier molecular flexibility index (Phi) is 5.04. The van der Waals surface area contributed by atoms with E-state index in [-0.39, 0.29) is 11.9 Å². The molecular formula is C20H23N3O2S. The first-order valence-electron chi connectivity index (χ1n) is 9.04. The molecule has 2 aliphatic heterocycles. The predicted octanol–water partition coefficient (Wildman–Crippen LogP) is 3.53. The van der Waals surface area contributed by atoms with Gasteiger partial charge in [-0.3, -0.25) is 9.69 Å². The van der Waals surface area contributed by atoms with Crippen molar-refractivity contribution in [1.29, 1.82) is 0 Å². The van der Waals surface area contributed by atoms with Gasteiger partial charge in [0.1, 0.15) is 5.75 Å². The molecule has 0 N–H and O–H groups in total. The number of methoxy groups -OCH3 is 1. The van der Waals surface area contributed by atoms with Gasteiger partial charge in [-0.2, -0.15) is 5.10 Å². The number of rotatable bonds is 5. The largest absolute Gasteiger partial charge is 0.497 e. The minimum absolute atomic E-state index is 0.00805. The molecule has 1 aromatic heterocycles. The van der Waals surface area contributed by atoms with E-state index in [0.717, 1.165) is 36.5 Å². The summed E-state index contributed by atoms with van der Waals surface area (Å²) < 4.78 is 5.34. The molecule has 1 amide bonds. The molecule has 0 saturated carbocycles. The van der Waals surface area contributed by atoms with Crippen molar-refractivity contribution in [1.82, 2.24) is 9.91 Å². The first-order valence-corrected chi connectivity index (χ1v) is 9.92. The van der Waals surface area contributed by atoms with E-state index in [2.05, 4.69) is 16.3 Å². The zero-order valence-electron chi connectivity index (χ0n) is 14.9. The van der Waals surface area contributed by atoms with E-state index >= 15 is 0 Å². The zero-order chi connectivity index (χ0) is 17.9. The molecule has 1 aromatic carbocycles. The Hall–Kier alpha value is -2.18. The average molecular weight is 369 g/mol. The van der Waals surface area contributed by atoms with Gasteiger partial charge in [0.25, 0.3) is 5.91 Å². The Morgan fingerprint density at radius 2 is 2.12 bits per heavy atom. The van der Waals surface area contributed by atoms with Crippen LogP contribution < -0.4 is 4.74 Å². The summed E-state index contributed by atoms with van der Waals surface area (Å²) in [6.07, 6.45) is 3.10. The summed E-state index contributed by atoms with van der Waals surface area (Å²) in [6, 6.07) is 12.0. The van der Waals surface area contributed by atoms with Crippen LogP contribution in [0.1, 0.15) is 35.7 Å². The van der Waals surface area contributed by atoms with Gasteiger partial charge in [0.05, 0.1) is 25.4 Å². The van der Waals surface area contributed by atoms with Crippen molar-refractivity contribution < 1.29 is 9.53 Å². The van der Waals surface area contributed by atoms with Crippen molar-refractivity contribution in [2.45, 2.75) is 25.3 Å². The number of amides is 1. The molecular weight excluding hydrogens is 346 g/mol. The SMILES string of the molecule is COc1cccc(C2=NN(C(=O)CN3CCCC3)[C@@H](c3cccs3)C2)c1. The van der Waals surface area contributed by atoms with Gasteiger partial charge in [-0.25, -0.2) is 5.01 Å². The van der Waals surface area contributed by atoms with E-state index in [9.17, 15) is 4.79 Å². The monoisotopic (exact) mass is 369 g/mol. The molecule has 26 heavy (non-hydrogen) atoms. The van der Waals surface area contributed by atoms with Crippen molar-refractivity contribution in [3.8, 4) is 5.75 Å². The third kappa shape index (κ3) is 3.52. The van der Waals surface area contributed by atoms with E-state index in [0.29, 0.717) is 6.54 Å². The highest BCUT2D eigenvalue weighted by atomic mass is 32.1. The number of thiophene rings is 1. The molecule has 4 rings (SSSR count). The van der Waals surface area contributed by atoms with Crippen LogP contribution in [0.2, 0.25) is 0 Å². The fourth-order valence-electron chi connectivity index (χ4n) is 3.62. The third-order valence-corrected chi connectivity index (χ3v) is 5.97. The molecule has 0 aliphatic carbocycles. The summed E-state index contributed by atoms with van der Waals surface area (Å²) in [6.45, 7) is 2.47. The van der Waals surface area contributed by atoms with Crippen molar-refractivity contribution in [3.05, 3.63) is 52.2 Å². The molecule has 0 bridgehead atoms. The first kappa shape index (κ1) is 17.2. The molecule has 3 heterocycles. The second kappa shape index (κ2) is 7.60. The van der Waals surface area contributed by atoms with Crippen molar-refractivity contribution >= 4 is 23.0 Å². The smallest absolute Gasteiger partial charge is 0.257 e. The maximum atomic E-state index is 13.0. The van der Waals surface area contributed by atoms with Crippen molar-refractivity contribution in [3.63, 3.8) is 0 Å². The fourth-order valence-corrected chi connectivity index (χ4v) is 4.44. The van der Waals surface area contributed by atoms with Crippen LogP contribution in [0.3, 0.4) is 0 Å². The number of benzene rings is 1. The van der Waals surface area contributed by atoms with E-state index in [4.69, 9.17) is 9.84 Å². The minimum Gasteiger partial charge on any atom is -0.497 e. The molecule has 1 saturated heterocycles. The van der Waals surface area contributed by atoms with Gasteiger partial charge in [-0.05, 0) is 49.5 Å². The number of hydrogen-bond donors (Lipinski definition) is 0. The standard InChI is InChI=1S/C20H23N3O2S/c1-25-16-7-4-6-15(12-16)17-13-18(19-8-5-11-26-19)23(21-17)20(24)14-22-9-2-3-10-22/h4-8,11-12,18H,2-3,9-10,13-14H2,1H3/t18-/m1/s1. The lowest BCUT2D eigenvalue weighted by Gasteiger charge is -2.23. The topological polar surface area (TPSA) is 45.1 Å². The molecule has 2 aliphatic rings. The third-order valence-electron chi connectivity index (χ3n) is 5.00. The van der Waals surface area contributed by atoms with Gasteiger partial charge in [0.15, 0.2) is 0 Å². The maximum Gasteiger partial charge on any atom is 0.257 e. The number of hydrazone groups is 1. The lowest BCUT2D eigenvalue weighted by Crippen LogP contribution is -2.36. The number of ether oxygens (including phenoxy) is 1. The van der Waals surface area contributed by atoms with Gasteiger partial charge in [0, 0.05) is 16.9 Å². The van der Waals surface area contributed by atoms with Crippen LogP contribution >= 0.6 is 11.3 Å². The normalized spacial score (nSPS) is 20.4. The van der Waals surface area contributed by atoms with Gasteiger partial charge in [-0.15, -0.1) is 11.3 Å². The molecule has 0 spiro atoms. The molecule has 5 nitrogen and oxygen atoms in total. The zero-order valence-corrected chi connectivity index (χ0v) is 15.7. The second-order valence-corrected chi connectivity index (χ2v) is 7.71. The van der Waals surface area contributed by atoms with Crippen LogP contribution in [-0.2, 0) is 4.79 Å². The number of hydrogen-bond acceptors (Lipinski definition) is 5. The number of likely N-dealkylation sites (tertiary alicyclic amines) is 1. The average Bonchev–Trinajstić information content (AvgIpc) is 3.41. The molecule has 0 unspecified atom stereocenters. The van der Waals surface area contributed by atoms with Crippen LogP contribution in [0.25, 0.3) is 0 Å². The van der Waals surface area contributed by atoms with E-state index < -0.39 is 0 Å². The van der Waals surface area contributed by atoms with Gasteiger partial charge in [0.2, 0.25) is 0 Å². The fraction of sp³-hybridized carbons (Fsp3) is 0.400. The van der Waals surface area contributed by atoms with Crippen LogP contribution in [0.4, 0.5) is 0 Å². The Morgan fingerprint density at radius 3 is 2.85 bits per heavy atom. The number of carbonyl (C=O) groups is 1. The van der Waals surface area contributed by atoms with E-state index in [1.165, 1.54) is 17.7 Å². The lowest BCUT2D eigenvalue weighted by molar-refractivity contribution is -0.133. The molecule has 6 heteroatoms. The second-order valence-electron chi connectivity index (χ2n) is 6.74. The summed E-state index contributed by atoms with van der Waals surface area (Å²) in [5.74, 6) is 0.892. The molecule has 1 fully saturated rings. The van der Waals surface area contributed by atoms with Crippen LogP contribution in [0, 0.1) is 0 Å². The summed E-state index contributed by atoms with van der Waals surface area (Å²) in [7, 11) is 1.66. The van der Waals surface area contributed by atoms with Crippen LogP contribution in [-0.4, -0.2) is 48.3 Å². The van der Waals surface area contributed by atoms with E-state index in [1.807, 2.05) is 30.3 Å². The lowest BCUT2D eigenvalue weighted by atomic mass is 10.0. The minimum atomic E-state index is -0.00805. The van der Waals surface area contributed by atoms with Gasteiger partial charge in [-0.1, -0.05) is 18.2 Å². The molecule has 136 valence electrons. The van der Waals surface area contributed by atoms with Gasteiger partial charge >= 0.3 is 0 Å². The van der Waals surface area contributed by atoms with Crippen LogP contribution in [0.15, 0.2) is 46.9 Å². The highest BCUT2D eigenvalue weighted by molar-refractivity contribution is 7.10. The number of carbonyl (C=O) groups excluding carboxylic acids is 1. The summed E-state index contributed by atoms with van der Waals surface area (Å²) in [5, 5.41) is 8.50. The highest BCUT2D eigenvalue weighted by Gasteiger charge is 2.34. The predicted molar refractivity (Wildman–Crippen MR) is 104 cm³/mol. The molecule has 0 radical (unpaired) electrons. The molecule has 1 atom stereocenters.